The smallest absolute Gasteiger partial charge is 0.137 e. The van der Waals surface area contributed by atoms with Crippen molar-refractivity contribution in [3.05, 3.63) is 131 Å². The molecule has 0 amide bonds. The van der Waals surface area contributed by atoms with Gasteiger partial charge in [-0.05, 0) is 59.8 Å². The molecule has 0 saturated heterocycles. The average Bonchev–Trinajstić information content (AvgIpc) is 3.13. The van der Waals surface area contributed by atoms with Crippen LogP contribution in [0.3, 0.4) is 0 Å². The van der Waals surface area contributed by atoms with Crippen LogP contribution in [-0.4, -0.2) is 10.4 Å². The molecule has 0 fully saturated rings. The van der Waals surface area contributed by atoms with Crippen LogP contribution in [0.25, 0.3) is 11.1 Å². The molecule has 0 N–H and O–H groups in total. The Balaban J connectivity index is 1.59. The van der Waals surface area contributed by atoms with E-state index in [0.717, 1.165) is 35.1 Å². The molecule has 1 aromatic heterocycles. The summed E-state index contributed by atoms with van der Waals surface area (Å²) >= 11 is 0. The number of aromatic nitrogens is 1. The lowest BCUT2D eigenvalue weighted by Gasteiger charge is -2.05. The molecule has 2 aromatic carbocycles. The molecule has 3 nitrogen and oxygen atoms in total. The normalized spacial score (nSPS) is 12.4. The minimum atomic E-state index is 0.608. The summed E-state index contributed by atoms with van der Waals surface area (Å²) in [6, 6.07) is 21.3. The molecule has 0 radical (unpaired) electrons. The lowest BCUT2D eigenvalue weighted by atomic mass is 10.0. The highest BCUT2D eigenvalue weighted by Gasteiger charge is 2.12. The number of hydrogen-bond donors (Lipinski definition) is 0. The van der Waals surface area contributed by atoms with Crippen LogP contribution in [-0.2, 0) is 12.8 Å². The second-order valence-electron chi connectivity index (χ2n) is 7.62. The van der Waals surface area contributed by atoms with E-state index in [4.69, 9.17) is 0 Å². The number of nitrogens with zero attached hydrogens (tertiary/aromatic N) is 3. The van der Waals surface area contributed by atoms with E-state index in [2.05, 4.69) is 77.6 Å². The number of rotatable bonds is 5. The third-order valence-corrected chi connectivity index (χ3v) is 5.51. The van der Waals surface area contributed by atoms with Gasteiger partial charge >= 0.3 is 0 Å². The second-order valence-corrected chi connectivity index (χ2v) is 7.62. The number of hydrogen-bond acceptors (Lipinski definition) is 2. The van der Waals surface area contributed by atoms with Crippen LogP contribution in [0.4, 0.5) is 0 Å². The lowest BCUT2D eigenvalue weighted by molar-refractivity contribution is 0.960. The van der Waals surface area contributed by atoms with Crippen LogP contribution in [0.1, 0.15) is 23.6 Å². The fourth-order valence-corrected chi connectivity index (χ4v) is 3.60. The standard InChI is InChI=1S/C29H23N3/c1-3-22(2)26-10-7-17-31-29(18-26)32-20-27(19-30)28(21-32)25-15-13-24(14-16-25)12-11-23-8-5-4-6-9-23/h4-6,8-10,13-18,20-21H,1,11-12H2,2H3. The molecule has 154 valence electrons. The van der Waals surface area contributed by atoms with Crippen molar-refractivity contribution in [2.75, 3.05) is 0 Å². The first kappa shape index (κ1) is 20.9. The SMILES string of the molecule is C=C=C(C)C1=CC(n2cc(C#N)c(-c3ccc(CCc4ccccc4)cc3)c2)=NC=C=C1. The monoisotopic (exact) mass is 413 g/mol. The molecule has 0 spiro atoms. The summed E-state index contributed by atoms with van der Waals surface area (Å²) in [6.07, 6.45) is 11.2. The summed E-state index contributed by atoms with van der Waals surface area (Å²) in [5, 5.41) is 9.72. The molecule has 0 bridgehead atoms. The van der Waals surface area contributed by atoms with Gasteiger partial charge in [0.25, 0.3) is 0 Å². The van der Waals surface area contributed by atoms with E-state index in [-0.39, 0.29) is 0 Å². The van der Waals surface area contributed by atoms with Gasteiger partial charge in [0.15, 0.2) is 0 Å². The molecule has 1 aliphatic heterocycles. The first-order chi connectivity index (χ1) is 15.7. The van der Waals surface area contributed by atoms with Crippen LogP contribution in [0, 0.1) is 11.3 Å². The molecule has 4 rings (SSSR count). The van der Waals surface area contributed by atoms with Gasteiger partial charge in [-0.25, -0.2) is 4.99 Å². The summed E-state index contributed by atoms with van der Waals surface area (Å²) < 4.78 is 1.88. The maximum Gasteiger partial charge on any atom is 0.137 e. The van der Waals surface area contributed by atoms with Crippen molar-refractivity contribution in [2.24, 2.45) is 4.99 Å². The lowest BCUT2D eigenvalue weighted by Crippen LogP contribution is -2.06. The maximum absolute atomic E-state index is 9.72. The molecule has 1 aliphatic rings. The fraction of sp³-hybridized carbons (Fsp3) is 0.103. The third-order valence-electron chi connectivity index (χ3n) is 5.51. The molecule has 0 unspecified atom stereocenters. The van der Waals surface area contributed by atoms with Gasteiger partial charge in [-0.1, -0.05) is 61.2 Å². The summed E-state index contributed by atoms with van der Waals surface area (Å²) in [4.78, 5) is 4.47. The van der Waals surface area contributed by atoms with Gasteiger partial charge in [0, 0.05) is 18.0 Å². The summed E-state index contributed by atoms with van der Waals surface area (Å²) in [7, 11) is 0. The molecule has 3 heteroatoms. The van der Waals surface area contributed by atoms with Crippen LogP contribution in [0.2, 0.25) is 0 Å². The summed E-state index contributed by atoms with van der Waals surface area (Å²) in [5.41, 5.74) is 12.9. The minimum absolute atomic E-state index is 0.608. The van der Waals surface area contributed by atoms with Gasteiger partial charge in [0.05, 0.1) is 11.8 Å². The van der Waals surface area contributed by atoms with Crippen molar-refractivity contribution in [1.29, 1.82) is 5.26 Å². The minimum Gasteiger partial charge on any atom is -0.307 e. The maximum atomic E-state index is 9.72. The van der Waals surface area contributed by atoms with Crippen molar-refractivity contribution in [3.8, 4) is 17.2 Å². The Bertz CT molecular complexity index is 1340. The van der Waals surface area contributed by atoms with Crippen molar-refractivity contribution in [1.82, 2.24) is 4.57 Å². The van der Waals surface area contributed by atoms with E-state index in [1.54, 1.807) is 6.20 Å². The van der Waals surface area contributed by atoms with E-state index in [1.165, 1.54) is 11.1 Å². The first-order valence-corrected chi connectivity index (χ1v) is 10.5. The number of nitriles is 1. The molecule has 0 saturated carbocycles. The number of aliphatic imine (C=N–C) groups is 1. The Morgan fingerprint density at radius 3 is 2.44 bits per heavy atom. The van der Waals surface area contributed by atoms with Gasteiger partial charge in [-0.2, -0.15) is 5.26 Å². The molecular formula is C29H23N3. The van der Waals surface area contributed by atoms with Gasteiger partial charge < -0.3 is 4.57 Å². The van der Waals surface area contributed by atoms with E-state index in [0.29, 0.717) is 11.4 Å². The largest absolute Gasteiger partial charge is 0.307 e. The summed E-state index contributed by atoms with van der Waals surface area (Å²) in [5.74, 6) is 0.707. The quantitative estimate of drug-likeness (QED) is 0.446. The Kier molecular flexibility index (Phi) is 6.30. The average molecular weight is 414 g/mol. The highest BCUT2D eigenvalue weighted by Crippen LogP contribution is 2.26. The zero-order chi connectivity index (χ0) is 22.3. The molecule has 0 atom stereocenters. The predicted molar refractivity (Wildman–Crippen MR) is 130 cm³/mol. The van der Waals surface area contributed by atoms with Crippen LogP contribution in [0.5, 0.6) is 0 Å². The second kappa shape index (κ2) is 9.65. The third kappa shape index (κ3) is 4.69. The molecule has 0 aliphatic carbocycles. The zero-order valence-electron chi connectivity index (χ0n) is 18.0. The van der Waals surface area contributed by atoms with E-state index >= 15 is 0 Å². The number of benzene rings is 2. The number of aryl methyl sites for hydroxylation is 2. The Labute approximate surface area is 189 Å². The van der Waals surface area contributed by atoms with Crippen molar-refractivity contribution in [3.63, 3.8) is 0 Å². The molecular weight excluding hydrogens is 390 g/mol. The predicted octanol–water partition coefficient (Wildman–Crippen LogP) is 6.40. The number of allylic oxidation sites excluding steroid dienone is 4. The van der Waals surface area contributed by atoms with Crippen molar-refractivity contribution < 1.29 is 0 Å². The molecule has 32 heavy (non-hydrogen) atoms. The van der Waals surface area contributed by atoms with Crippen molar-refractivity contribution in [2.45, 2.75) is 19.8 Å². The van der Waals surface area contributed by atoms with E-state index in [9.17, 15) is 5.26 Å². The van der Waals surface area contributed by atoms with E-state index < -0.39 is 0 Å². The van der Waals surface area contributed by atoms with Gasteiger partial charge in [0.1, 0.15) is 11.9 Å². The van der Waals surface area contributed by atoms with Crippen LogP contribution in [0.15, 0.2) is 120 Å². The fourth-order valence-electron chi connectivity index (χ4n) is 3.60. The summed E-state index contributed by atoms with van der Waals surface area (Å²) in [6.45, 7) is 5.67. The topological polar surface area (TPSA) is 41.1 Å². The van der Waals surface area contributed by atoms with Gasteiger partial charge in [0.2, 0.25) is 0 Å². The highest BCUT2D eigenvalue weighted by atomic mass is 15.0. The highest BCUT2D eigenvalue weighted by molar-refractivity contribution is 5.98. The van der Waals surface area contributed by atoms with Crippen molar-refractivity contribution >= 4 is 5.84 Å². The first-order valence-electron chi connectivity index (χ1n) is 10.5. The van der Waals surface area contributed by atoms with Gasteiger partial charge in [-0.3, -0.25) is 0 Å². The molecule has 3 aromatic rings. The van der Waals surface area contributed by atoms with E-state index in [1.807, 2.05) is 42.1 Å². The molecule has 2 heterocycles. The van der Waals surface area contributed by atoms with Crippen LogP contribution < -0.4 is 0 Å². The Morgan fingerprint density at radius 2 is 1.75 bits per heavy atom. The zero-order valence-corrected chi connectivity index (χ0v) is 18.0. The Hall–Kier alpha value is -4.34. The van der Waals surface area contributed by atoms with Crippen LogP contribution >= 0.6 is 0 Å². The van der Waals surface area contributed by atoms with Gasteiger partial charge in [-0.15, -0.1) is 11.5 Å². The Morgan fingerprint density at radius 1 is 1.03 bits per heavy atom.